The summed E-state index contributed by atoms with van der Waals surface area (Å²) in [5.74, 6) is -0.194. The van der Waals surface area contributed by atoms with E-state index >= 15 is 0 Å². The maximum Gasteiger partial charge on any atom is 0.252 e. The molecule has 1 aliphatic heterocycles. The summed E-state index contributed by atoms with van der Waals surface area (Å²) in [6.45, 7) is 4.14. The second-order valence-electron chi connectivity index (χ2n) is 9.28. The van der Waals surface area contributed by atoms with E-state index in [2.05, 4.69) is 17.6 Å². The fourth-order valence-corrected chi connectivity index (χ4v) is 5.52. The van der Waals surface area contributed by atoms with Crippen LogP contribution < -0.4 is 10.6 Å². The third-order valence-corrected chi connectivity index (χ3v) is 7.14. The summed E-state index contributed by atoms with van der Waals surface area (Å²) >= 11 is 0. The molecule has 0 aromatic carbocycles. The van der Waals surface area contributed by atoms with Crippen molar-refractivity contribution in [1.82, 2.24) is 15.5 Å². The van der Waals surface area contributed by atoms with Crippen molar-refractivity contribution in [3.05, 3.63) is 0 Å². The van der Waals surface area contributed by atoms with Gasteiger partial charge in [-0.2, -0.15) is 0 Å². The molecule has 2 aliphatic carbocycles. The Kier molecular flexibility index (Phi) is 7.96. The van der Waals surface area contributed by atoms with E-state index in [1.807, 2.05) is 6.92 Å². The molecule has 6 heteroatoms. The van der Waals surface area contributed by atoms with E-state index in [0.29, 0.717) is 12.3 Å². The molecule has 29 heavy (non-hydrogen) atoms. The van der Waals surface area contributed by atoms with E-state index in [1.54, 1.807) is 4.90 Å². The number of carbonyl (C=O) groups is 3. The molecule has 0 aromatic heterocycles. The van der Waals surface area contributed by atoms with Crippen LogP contribution in [0.2, 0.25) is 0 Å². The molecule has 2 saturated carbocycles. The average molecular weight is 406 g/mol. The first-order valence-corrected chi connectivity index (χ1v) is 12.0. The van der Waals surface area contributed by atoms with Crippen molar-refractivity contribution in [2.24, 2.45) is 5.92 Å². The van der Waals surface area contributed by atoms with Gasteiger partial charge in [0.1, 0.15) is 0 Å². The normalized spacial score (nSPS) is 29.0. The van der Waals surface area contributed by atoms with E-state index in [4.69, 9.17) is 0 Å². The van der Waals surface area contributed by atoms with Crippen LogP contribution in [0.5, 0.6) is 0 Å². The molecule has 2 N–H and O–H groups in total. The number of piperazine rings is 1. The molecule has 1 saturated heterocycles. The van der Waals surface area contributed by atoms with E-state index in [9.17, 15) is 14.4 Å². The first-order chi connectivity index (χ1) is 14.0. The first kappa shape index (κ1) is 22.1. The van der Waals surface area contributed by atoms with Crippen molar-refractivity contribution in [2.75, 3.05) is 0 Å². The van der Waals surface area contributed by atoms with Crippen molar-refractivity contribution < 1.29 is 14.4 Å². The van der Waals surface area contributed by atoms with Gasteiger partial charge < -0.3 is 15.5 Å². The Morgan fingerprint density at radius 1 is 1.07 bits per heavy atom. The minimum atomic E-state index is -1.02. The summed E-state index contributed by atoms with van der Waals surface area (Å²) in [7, 11) is 0. The quantitative estimate of drug-likeness (QED) is 0.638. The first-order valence-electron chi connectivity index (χ1n) is 12.0. The van der Waals surface area contributed by atoms with Gasteiger partial charge in [-0.3, -0.25) is 14.4 Å². The monoisotopic (exact) mass is 405 g/mol. The van der Waals surface area contributed by atoms with Crippen LogP contribution in [0.3, 0.4) is 0 Å². The molecule has 3 fully saturated rings. The standard InChI is InChI=1S/C23H39N3O3/c1-3-10-17(4-2)24-22(28)21-23(29)25-18-13-8-9-14-19(18)26(21)20(27)15-16-11-6-5-7-12-16/h16-19,21H,3-15H2,1-2H3,(H,24,28)(H,25,29). The van der Waals surface area contributed by atoms with Crippen LogP contribution in [-0.2, 0) is 14.4 Å². The molecule has 3 aliphatic rings. The van der Waals surface area contributed by atoms with Crippen molar-refractivity contribution in [3.8, 4) is 0 Å². The Labute approximate surface area is 175 Å². The maximum atomic E-state index is 13.4. The van der Waals surface area contributed by atoms with Gasteiger partial charge >= 0.3 is 0 Å². The molecular weight excluding hydrogens is 366 g/mol. The summed E-state index contributed by atoms with van der Waals surface area (Å²) in [6, 6.07) is -1.01. The zero-order valence-electron chi connectivity index (χ0n) is 18.3. The molecule has 3 rings (SSSR count). The zero-order chi connectivity index (χ0) is 20.8. The maximum absolute atomic E-state index is 13.4. The smallest absolute Gasteiger partial charge is 0.252 e. The van der Waals surface area contributed by atoms with Gasteiger partial charge in [0, 0.05) is 18.5 Å². The summed E-state index contributed by atoms with van der Waals surface area (Å²) in [5, 5.41) is 6.13. The van der Waals surface area contributed by atoms with Gasteiger partial charge in [-0.25, -0.2) is 0 Å². The minimum Gasteiger partial charge on any atom is -0.351 e. The van der Waals surface area contributed by atoms with Crippen LogP contribution in [0.1, 0.15) is 97.3 Å². The molecule has 3 amide bonds. The Morgan fingerprint density at radius 3 is 2.45 bits per heavy atom. The SMILES string of the molecule is CCCC(CC)NC(=O)C1C(=O)NC2CCCCC2N1C(=O)CC1CCCCC1. The van der Waals surface area contributed by atoms with Crippen molar-refractivity contribution in [1.29, 1.82) is 0 Å². The molecule has 164 valence electrons. The lowest BCUT2D eigenvalue weighted by molar-refractivity contribution is -0.157. The summed E-state index contributed by atoms with van der Waals surface area (Å²) in [5.41, 5.74) is 0. The van der Waals surface area contributed by atoms with Gasteiger partial charge in [0.25, 0.3) is 11.8 Å². The fourth-order valence-electron chi connectivity index (χ4n) is 5.52. The number of hydrogen-bond donors (Lipinski definition) is 2. The number of fused-ring (bicyclic) bond motifs is 1. The Morgan fingerprint density at radius 2 is 1.76 bits per heavy atom. The van der Waals surface area contributed by atoms with Crippen molar-refractivity contribution >= 4 is 17.7 Å². The number of rotatable bonds is 7. The Balaban J connectivity index is 1.79. The molecule has 0 aromatic rings. The predicted molar refractivity (Wildman–Crippen MR) is 113 cm³/mol. The average Bonchev–Trinajstić information content (AvgIpc) is 2.72. The van der Waals surface area contributed by atoms with Crippen LogP contribution in [0, 0.1) is 5.92 Å². The van der Waals surface area contributed by atoms with E-state index < -0.39 is 6.04 Å². The van der Waals surface area contributed by atoms with Crippen LogP contribution in [0.25, 0.3) is 0 Å². The molecule has 6 nitrogen and oxygen atoms in total. The van der Waals surface area contributed by atoms with Crippen molar-refractivity contribution in [2.45, 2.75) is 121 Å². The topological polar surface area (TPSA) is 78.5 Å². The second kappa shape index (κ2) is 10.4. The van der Waals surface area contributed by atoms with Crippen LogP contribution in [0.15, 0.2) is 0 Å². The van der Waals surface area contributed by atoms with E-state index in [1.165, 1.54) is 19.3 Å². The zero-order valence-corrected chi connectivity index (χ0v) is 18.3. The van der Waals surface area contributed by atoms with Crippen LogP contribution in [-0.4, -0.2) is 46.8 Å². The molecule has 1 heterocycles. The summed E-state index contributed by atoms with van der Waals surface area (Å²) in [4.78, 5) is 41.3. The Hall–Kier alpha value is -1.59. The van der Waals surface area contributed by atoms with Gasteiger partial charge in [-0.15, -0.1) is 0 Å². The lowest BCUT2D eigenvalue weighted by Gasteiger charge is -2.48. The van der Waals surface area contributed by atoms with Gasteiger partial charge in [0.2, 0.25) is 5.91 Å². The van der Waals surface area contributed by atoms with E-state index in [0.717, 1.165) is 57.8 Å². The molecule has 0 spiro atoms. The summed E-state index contributed by atoms with van der Waals surface area (Å²) < 4.78 is 0. The highest BCUT2D eigenvalue weighted by Crippen LogP contribution is 2.32. The third kappa shape index (κ3) is 5.32. The second-order valence-corrected chi connectivity index (χ2v) is 9.28. The number of nitrogens with zero attached hydrogens (tertiary/aromatic N) is 1. The van der Waals surface area contributed by atoms with E-state index in [-0.39, 0.29) is 35.8 Å². The van der Waals surface area contributed by atoms with Gasteiger partial charge in [0.05, 0.1) is 6.04 Å². The highest BCUT2D eigenvalue weighted by Gasteiger charge is 2.48. The van der Waals surface area contributed by atoms with Crippen molar-refractivity contribution in [3.63, 3.8) is 0 Å². The largest absolute Gasteiger partial charge is 0.351 e. The minimum absolute atomic E-state index is 0.00628. The van der Waals surface area contributed by atoms with Crippen LogP contribution in [0.4, 0.5) is 0 Å². The highest BCUT2D eigenvalue weighted by atomic mass is 16.2. The van der Waals surface area contributed by atoms with Crippen LogP contribution >= 0.6 is 0 Å². The molecule has 0 bridgehead atoms. The number of nitrogens with one attached hydrogen (secondary N) is 2. The predicted octanol–water partition coefficient (Wildman–Crippen LogP) is 3.29. The van der Waals surface area contributed by atoms with Gasteiger partial charge in [-0.1, -0.05) is 52.4 Å². The lowest BCUT2D eigenvalue weighted by Crippen LogP contribution is -2.71. The molecular formula is C23H39N3O3. The van der Waals surface area contributed by atoms with Gasteiger partial charge in [-0.05, 0) is 44.4 Å². The summed E-state index contributed by atoms with van der Waals surface area (Å²) in [6.07, 6.45) is 12.9. The highest BCUT2D eigenvalue weighted by molar-refractivity contribution is 6.08. The van der Waals surface area contributed by atoms with Gasteiger partial charge in [0.15, 0.2) is 6.04 Å². The third-order valence-electron chi connectivity index (χ3n) is 7.14. The number of carbonyl (C=O) groups excluding carboxylic acids is 3. The number of hydrogen-bond acceptors (Lipinski definition) is 3. The fraction of sp³-hybridized carbons (Fsp3) is 0.870. The molecule has 4 unspecified atom stereocenters. The lowest BCUT2D eigenvalue weighted by atomic mass is 9.83. The molecule has 0 radical (unpaired) electrons. The Bertz CT molecular complexity index is 588. The molecule has 4 atom stereocenters. The number of amides is 3.